The Kier molecular flexibility index (Phi) is 4.88. The monoisotopic (exact) mass is 322 g/mol. The lowest BCUT2D eigenvalue weighted by molar-refractivity contribution is 0.0765. The van der Waals surface area contributed by atoms with E-state index >= 15 is 0 Å². The van der Waals surface area contributed by atoms with Gasteiger partial charge in [0.2, 0.25) is 0 Å². The summed E-state index contributed by atoms with van der Waals surface area (Å²) in [5.41, 5.74) is 0.906. The average Bonchev–Trinajstić information content (AvgIpc) is 3.04. The van der Waals surface area contributed by atoms with Crippen molar-refractivity contribution in [2.24, 2.45) is 0 Å². The van der Waals surface area contributed by atoms with Crippen LogP contribution in [0.15, 0.2) is 17.1 Å². The van der Waals surface area contributed by atoms with Crippen LogP contribution in [0, 0.1) is 6.92 Å². The van der Waals surface area contributed by atoms with Crippen molar-refractivity contribution in [1.29, 1.82) is 0 Å². The molecule has 0 radical (unpaired) electrons. The van der Waals surface area contributed by atoms with E-state index in [1.807, 2.05) is 24.8 Å². The summed E-state index contributed by atoms with van der Waals surface area (Å²) in [5, 5.41) is 0. The summed E-state index contributed by atoms with van der Waals surface area (Å²) in [7, 11) is 0. The molecule has 120 valence electrons. The van der Waals surface area contributed by atoms with Crippen molar-refractivity contribution in [3.63, 3.8) is 0 Å². The zero-order valence-corrected chi connectivity index (χ0v) is 13.7. The van der Waals surface area contributed by atoms with E-state index in [2.05, 4.69) is 0 Å². The molecule has 1 unspecified atom stereocenters. The smallest absolute Gasteiger partial charge is 0.263 e. The third-order valence-electron chi connectivity index (χ3n) is 4.31. The fourth-order valence-electron chi connectivity index (χ4n) is 3.00. The standard InChI is InChI=1S/C16H22N2O3S/c1-12-4-5-18(11-13-3-2-8-21-13)16(20)14(12)15(19)17-6-9-22-10-7-17/h4-5,13H,2-3,6-11H2,1H3. The Morgan fingerprint density at radius 3 is 2.86 bits per heavy atom. The molecule has 0 spiro atoms. The molecule has 22 heavy (non-hydrogen) atoms. The third kappa shape index (κ3) is 3.22. The van der Waals surface area contributed by atoms with Gasteiger partial charge in [0.25, 0.3) is 11.5 Å². The van der Waals surface area contributed by atoms with Gasteiger partial charge in [-0.3, -0.25) is 9.59 Å². The Labute approximate surface area is 134 Å². The molecule has 0 saturated carbocycles. The van der Waals surface area contributed by atoms with Crippen LogP contribution in [0.3, 0.4) is 0 Å². The molecule has 3 heterocycles. The van der Waals surface area contributed by atoms with Gasteiger partial charge in [-0.25, -0.2) is 0 Å². The van der Waals surface area contributed by atoms with E-state index in [1.165, 1.54) is 0 Å². The van der Waals surface area contributed by atoms with Gasteiger partial charge in [0.05, 0.1) is 12.6 Å². The molecule has 0 aliphatic carbocycles. The normalized spacial score (nSPS) is 22.0. The van der Waals surface area contributed by atoms with E-state index < -0.39 is 0 Å². The molecule has 2 saturated heterocycles. The lowest BCUT2D eigenvalue weighted by Gasteiger charge is -2.27. The summed E-state index contributed by atoms with van der Waals surface area (Å²) >= 11 is 1.85. The number of thioether (sulfide) groups is 1. The van der Waals surface area contributed by atoms with Gasteiger partial charge in [0.1, 0.15) is 5.56 Å². The van der Waals surface area contributed by atoms with Crippen molar-refractivity contribution in [1.82, 2.24) is 9.47 Å². The maximum absolute atomic E-state index is 12.7. The number of aromatic nitrogens is 1. The van der Waals surface area contributed by atoms with Crippen LogP contribution >= 0.6 is 11.8 Å². The predicted molar refractivity (Wildman–Crippen MR) is 87.6 cm³/mol. The van der Waals surface area contributed by atoms with E-state index in [0.29, 0.717) is 12.1 Å². The number of carbonyl (C=O) groups excluding carboxylic acids is 1. The fourth-order valence-corrected chi connectivity index (χ4v) is 3.90. The van der Waals surface area contributed by atoms with Crippen LogP contribution in [0.5, 0.6) is 0 Å². The van der Waals surface area contributed by atoms with Crippen molar-refractivity contribution in [3.05, 3.63) is 33.7 Å². The fraction of sp³-hybridized carbons (Fsp3) is 0.625. The van der Waals surface area contributed by atoms with E-state index in [9.17, 15) is 9.59 Å². The first-order chi connectivity index (χ1) is 10.7. The summed E-state index contributed by atoms with van der Waals surface area (Å²) in [5.74, 6) is 1.77. The maximum Gasteiger partial charge on any atom is 0.263 e. The SMILES string of the molecule is Cc1ccn(CC2CCCO2)c(=O)c1C(=O)N1CCSCC1. The largest absolute Gasteiger partial charge is 0.376 e. The molecule has 1 amide bonds. The number of nitrogens with zero attached hydrogens (tertiary/aromatic N) is 2. The van der Waals surface area contributed by atoms with Crippen molar-refractivity contribution < 1.29 is 9.53 Å². The topological polar surface area (TPSA) is 51.5 Å². The molecule has 1 aromatic heterocycles. The molecule has 2 fully saturated rings. The molecule has 1 atom stereocenters. The number of aryl methyl sites for hydroxylation is 1. The minimum absolute atomic E-state index is 0.0924. The highest BCUT2D eigenvalue weighted by Crippen LogP contribution is 2.15. The van der Waals surface area contributed by atoms with Crippen LogP contribution in [-0.4, -0.2) is 52.7 Å². The van der Waals surface area contributed by atoms with Crippen LogP contribution in [0.2, 0.25) is 0 Å². The number of amides is 1. The zero-order valence-electron chi connectivity index (χ0n) is 12.9. The van der Waals surface area contributed by atoms with Crippen LogP contribution < -0.4 is 5.56 Å². The van der Waals surface area contributed by atoms with Gasteiger partial charge in [0.15, 0.2) is 0 Å². The zero-order chi connectivity index (χ0) is 15.5. The van der Waals surface area contributed by atoms with Crippen molar-refractivity contribution in [2.45, 2.75) is 32.4 Å². The van der Waals surface area contributed by atoms with Crippen molar-refractivity contribution >= 4 is 17.7 Å². The number of pyridine rings is 1. The van der Waals surface area contributed by atoms with Crippen LogP contribution in [0.1, 0.15) is 28.8 Å². The lowest BCUT2D eigenvalue weighted by atomic mass is 10.1. The predicted octanol–water partition coefficient (Wildman–Crippen LogP) is 1.52. The summed E-state index contributed by atoms with van der Waals surface area (Å²) in [4.78, 5) is 27.2. The summed E-state index contributed by atoms with van der Waals surface area (Å²) in [6, 6.07) is 1.86. The van der Waals surface area contributed by atoms with Gasteiger partial charge in [-0.05, 0) is 31.4 Å². The van der Waals surface area contributed by atoms with Gasteiger partial charge in [-0.1, -0.05) is 0 Å². The van der Waals surface area contributed by atoms with Crippen LogP contribution in [0.4, 0.5) is 0 Å². The summed E-state index contributed by atoms with van der Waals surface area (Å²) < 4.78 is 7.23. The molecule has 6 heteroatoms. The third-order valence-corrected chi connectivity index (χ3v) is 5.25. The van der Waals surface area contributed by atoms with Crippen LogP contribution in [-0.2, 0) is 11.3 Å². The first-order valence-electron chi connectivity index (χ1n) is 7.85. The quantitative estimate of drug-likeness (QED) is 0.847. The molecule has 3 rings (SSSR count). The number of ether oxygens (including phenoxy) is 1. The molecule has 0 aromatic carbocycles. The lowest BCUT2D eigenvalue weighted by Crippen LogP contribution is -2.42. The van der Waals surface area contributed by atoms with Crippen molar-refractivity contribution in [2.75, 3.05) is 31.2 Å². The maximum atomic E-state index is 12.7. The Morgan fingerprint density at radius 1 is 1.41 bits per heavy atom. The van der Waals surface area contributed by atoms with Gasteiger partial charge in [-0.15, -0.1) is 0 Å². The first kappa shape index (κ1) is 15.6. The highest BCUT2D eigenvalue weighted by molar-refractivity contribution is 7.99. The minimum Gasteiger partial charge on any atom is -0.376 e. The van der Waals surface area contributed by atoms with E-state index in [1.54, 1.807) is 15.7 Å². The Bertz CT molecular complexity index is 602. The van der Waals surface area contributed by atoms with E-state index in [4.69, 9.17) is 4.74 Å². The van der Waals surface area contributed by atoms with E-state index in [0.717, 1.165) is 49.6 Å². The highest BCUT2D eigenvalue weighted by Gasteiger charge is 2.24. The van der Waals surface area contributed by atoms with E-state index in [-0.39, 0.29) is 17.6 Å². The first-order valence-corrected chi connectivity index (χ1v) is 9.01. The summed E-state index contributed by atoms with van der Waals surface area (Å²) in [6.07, 6.45) is 3.90. The van der Waals surface area contributed by atoms with Gasteiger partial charge in [-0.2, -0.15) is 11.8 Å². The molecular formula is C16H22N2O3S. The van der Waals surface area contributed by atoms with Gasteiger partial charge < -0.3 is 14.2 Å². The highest BCUT2D eigenvalue weighted by atomic mass is 32.2. The molecule has 1 aromatic rings. The second kappa shape index (κ2) is 6.87. The number of rotatable bonds is 3. The molecule has 2 aliphatic heterocycles. The second-order valence-electron chi connectivity index (χ2n) is 5.87. The number of hydrogen-bond donors (Lipinski definition) is 0. The Hall–Kier alpha value is -1.27. The Morgan fingerprint density at radius 2 is 2.18 bits per heavy atom. The minimum atomic E-state index is -0.182. The molecular weight excluding hydrogens is 300 g/mol. The van der Waals surface area contributed by atoms with Gasteiger partial charge in [0, 0.05) is 37.4 Å². The summed E-state index contributed by atoms with van der Waals surface area (Å²) in [6.45, 7) is 4.59. The van der Waals surface area contributed by atoms with Crippen LogP contribution in [0.25, 0.3) is 0 Å². The number of hydrogen-bond acceptors (Lipinski definition) is 4. The second-order valence-corrected chi connectivity index (χ2v) is 7.10. The number of carbonyl (C=O) groups is 1. The van der Waals surface area contributed by atoms with Crippen molar-refractivity contribution in [3.8, 4) is 0 Å². The molecule has 2 aliphatic rings. The molecule has 5 nitrogen and oxygen atoms in total. The average molecular weight is 322 g/mol. The molecule has 0 bridgehead atoms. The molecule has 0 N–H and O–H groups in total. The van der Waals surface area contributed by atoms with Gasteiger partial charge >= 0.3 is 0 Å². The Balaban J connectivity index is 1.85.